The fraction of sp³-hybridized carbons (Fsp3) is 0.333. The van der Waals surface area contributed by atoms with Gasteiger partial charge in [-0.2, -0.15) is 5.26 Å². The number of anilines is 1. The molecular formula is C18H19N3O2. The summed E-state index contributed by atoms with van der Waals surface area (Å²) in [6, 6.07) is 10.4. The zero-order valence-electron chi connectivity index (χ0n) is 13.3. The Labute approximate surface area is 135 Å². The number of rotatable bonds is 3. The van der Waals surface area contributed by atoms with Crippen LogP contribution in [-0.4, -0.2) is 23.9 Å². The second-order valence-electron chi connectivity index (χ2n) is 5.88. The van der Waals surface area contributed by atoms with Crippen molar-refractivity contribution >= 4 is 11.8 Å². The minimum absolute atomic E-state index is 0.158. The lowest BCUT2D eigenvalue weighted by molar-refractivity contribution is -0.117. The number of nitriles is 1. The quantitative estimate of drug-likeness (QED) is 0.946. The highest BCUT2D eigenvalue weighted by Crippen LogP contribution is 2.25. The van der Waals surface area contributed by atoms with Gasteiger partial charge in [-0.3, -0.25) is 15.0 Å². The molecule has 0 unspecified atom stereocenters. The minimum atomic E-state index is -0.158. The fourth-order valence-electron chi connectivity index (χ4n) is 2.91. The first-order chi connectivity index (χ1) is 11.1. The summed E-state index contributed by atoms with van der Waals surface area (Å²) in [5, 5.41) is 11.9. The van der Waals surface area contributed by atoms with Gasteiger partial charge in [0.2, 0.25) is 11.8 Å². The summed E-state index contributed by atoms with van der Waals surface area (Å²) in [7, 11) is 0. The van der Waals surface area contributed by atoms with Gasteiger partial charge in [-0.15, -0.1) is 0 Å². The summed E-state index contributed by atoms with van der Waals surface area (Å²) in [6.07, 6.45) is 0.950. The normalized spacial score (nSPS) is 14.1. The Morgan fingerprint density at radius 3 is 2.83 bits per heavy atom. The first-order valence-electron chi connectivity index (χ1n) is 7.67. The molecule has 0 saturated heterocycles. The van der Waals surface area contributed by atoms with E-state index in [9.17, 15) is 10.1 Å². The van der Waals surface area contributed by atoms with E-state index < -0.39 is 0 Å². The molecule has 1 aliphatic rings. The molecule has 3 rings (SSSR count). The summed E-state index contributed by atoms with van der Waals surface area (Å²) >= 11 is 0. The zero-order chi connectivity index (χ0) is 16.4. The van der Waals surface area contributed by atoms with Crippen molar-refractivity contribution in [2.24, 2.45) is 0 Å². The SMILES string of the molecule is Cc1oc(NC(=O)CN2CCc3ccccc3C2)c(C#N)c1C. The minimum Gasteiger partial charge on any atom is -0.444 e. The number of nitrogens with zero attached hydrogens (tertiary/aromatic N) is 2. The predicted molar refractivity (Wildman–Crippen MR) is 86.9 cm³/mol. The third kappa shape index (κ3) is 3.13. The van der Waals surface area contributed by atoms with Crippen LogP contribution in [0.5, 0.6) is 0 Å². The molecule has 1 aliphatic heterocycles. The van der Waals surface area contributed by atoms with Gasteiger partial charge in [0.25, 0.3) is 0 Å². The highest BCUT2D eigenvalue weighted by Gasteiger charge is 2.20. The van der Waals surface area contributed by atoms with Crippen LogP contribution in [0.3, 0.4) is 0 Å². The van der Waals surface area contributed by atoms with Crippen molar-refractivity contribution in [3.05, 3.63) is 52.3 Å². The third-order valence-corrected chi connectivity index (χ3v) is 4.33. The molecule has 0 spiro atoms. The van der Waals surface area contributed by atoms with Gasteiger partial charge < -0.3 is 4.42 Å². The van der Waals surface area contributed by atoms with Crippen molar-refractivity contribution in [1.29, 1.82) is 5.26 Å². The lowest BCUT2D eigenvalue weighted by atomic mass is 10.00. The number of carbonyl (C=O) groups is 1. The van der Waals surface area contributed by atoms with Crippen molar-refractivity contribution in [3.63, 3.8) is 0 Å². The molecule has 2 heterocycles. The highest BCUT2D eigenvalue weighted by atomic mass is 16.4. The number of amides is 1. The van der Waals surface area contributed by atoms with Crippen LogP contribution in [0.2, 0.25) is 0 Å². The molecule has 23 heavy (non-hydrogen) atoms. The summed E-state index contributed by atoms with van der Waals surface area (Å²) in [5.74, 6) is 0.753. The second-order valence-corrected chi connectivity index (χ2v) is 5.88. The Bertz CT molecular complexity index is 786. The van der Waals surface area contributed by atoms with Gasteiger partial charge in [-0.25, -0.2) is 0 Å². The fourth-order valence-corrected chi connectivity index (χ4v) is 2.91. The molecule has 1 aromatic heterocycles. The van der Waals surface area contributed by atoms with Crippen molar-refractivity contribution < 1.29 is 9.21 Å². The number of nitrogens with one attached hydrogen (secondary N) is 1. The summed E-state index contributed by atoms with van der Waals surface area (Å²) in [6.45, 7) is 5.51. The van der Waals surface area contributed by atoms with E-state index in [0.29, 0.717) is 11.3 Å². The van der Waals surface area contributed by atoms with Crippen LogP contribution in [0.15, 0.2) is 28.7 Å². The average Bonchev–Trinajstić information content (AvgIpc) is 2.80. The maximum absolute atomic E-state index is 12.3. The molecule has 1 aromatic carbocycles. The van der Waals surface area contributed by atoms with Gasteiger partial charge in [-0.05, 0) is 31.4 Å². The average molecular weight is 309 g/mol. The summed E-state index contributed by atoms with van der Waals surface area (Å²) in [5.41, 5.74) is 3.80. The number of hydrogen-bond acceptors (Lipinski definition) is 4. The van der Waals surface area contributed by atoms with Crippen LogP contribution in [0, 0.1) is 25.2 Å². The second kappa shape index (κ2) is 6.27. The molecule has 0 radical (unpaired) electrons. The van der Waals surface area contributed by atoms with Gasteiger partial charge in [0, 0.05) is 18.7 Å². The largest absolute Gasteiger partial charge is 0.444 e. The van der Waals surface area contributed by atoms with Crippen molar-refractivity contribution in [3.8, 4) is 6.07 Å². The Morgan fingerprint density at radius 1 is 1.35 bits per heavy atom. The molecule has 5 heteroatoms. The van der Waals surface area contributed by atoms with E-state index in [1.54, 1.807) is 6.92 Å². The third-order valence-electron chi connectivity index (χ3n) is 4.33. The first kappa shape index (κ1) is 15.3. The van der Waals surface area contributed by atoms with E-state index in [0.717, 1.165) is 25.1 Å². The number of benzene rings is 1. The zero-order valence-corrected chi connectivity index (χ0v) is 13.3. The molecule has 0 fully saturated rings. The Balaban J connectivity index is 1.65. The Kier molecular flexibility index (Phi) is 4.18. The van der Waals surface area contributed by atoms with Crippen molar-refractivity contribution in [1.82, 2.24) is 4.90 Å². The molecule has 1 amide bonds. The van der Waals surface area contributed by atoms with E-state index in [1.165, 1.54) is 11.1 Å². The molecule has 2 aromatic rings. The maximum Gasteiger partial charge on any atom is 0.240 e. The monoisotopic (exact) mass is 309 g/mol. The molecule has 0 atom stereocenters. The summed E-state index contributed by atoms with van der Waals surface area (Å²) < 4.78 is 5.48. The lowest BCUT2D eigenvalue weighted by Crippen LogP contribution is -2.37. The van der Waals surface area contributed by atoms with Crippen LogP contribution in [0.4, 0.5) is 5.88 Å². The van der Waals surface area contributed by atoms with Crippen molar-refractivity contribution in [2.45, 2.75) is 26.8 Å². The maximum atomic E-state index is 12.3. The van der Waals surface area contributed by atoms with Crippen LogP contribution in [0.25, 0.3) is 0 Å². The van der Waals surface area contributed by atoms with Gasteiger partial charge in [0.05, 0.1) is 6.54 Å². The predicted octanol–water partition coefficient (Wildman–Crippen LogP) is 2.76. The summed E-state index contributed by atoms with van der Waals surface area (Å²) in [4.78, 5) is 14.4. The molecular weight excluding hydrogens is 290 g/mol. The van der Waals surface area contributed by atoms with Crippen LogP contribution in [-0.2, 0) is 17.8 Å². The standard InChI is InChI=1S/C18H19N3O2/c1-12-13(2)23-18(16(12)9-19)20-17(22)11-21-8-7-14-5-3-4-6-15(14)10-21/h3-6H,7-8,10-11H2,1-2H3,(H,20,22). The van der Waals surface area contributed by atoms with Crippen LogP contribution >= 0.6 is 0 Å². The molecule has 118 valence electrons. The van der Waals surface area contributed by atoms with Gasteiger partial charge in [-0.1, -0.05) is 24.3 Å². The Hall–Kier alpha value is -2.58. The van der Waals surface area contributed by atoms with E-state index in [4.69, 9.17) is 4.42 Å². The molecule has 0 bridgehead atoms. The molecule has 0 aliphatic carbocycles. The number of aryl methyl sites for hydroxylation is 1. The van der Waals surface area contributed by atoms with Gasteiger partial charge in [0.15, 0.2) is 0 Å². The highest BCUT2D eigenvalue weighted by molar-refractivity contribution is 5.92. The number of furan rings is 1. The number of hydrogen-bond donors (Lipinski definition) is 1. The topological polar surface area (TPSA) is 69.3 Å². The first-order valence-corrected chi connectivity index (χ1v) is 7.67. The number of carbonyl (C=O) groups excluding carboxylic acids is 1. The number of fused-ring (bicyclic) bond motifs is 1. The van der Waals surface area contributed by atoms with Gasteiger partial charge in [0.1, 0.15) is 17.4 Å². The Morgan fingerprint density at radius 2 is 2.09 bits per heavy atom. The molecule has 1 N–H and O–H groups in total. The van der Waals surface area contributed by atoms with E-state index in [-0.39, 0.29) is 18.3 Å². The van der Waals surface area contributed by atoms with Gasteiger partial charge >= 0.3 is 0 Å². The van der Waals surface area contributed by atoms with E-state index in [2.05, 4.69) is 28.4 Å². The van der Waals surface area contributed by atoms with E-state index in [1.807, 2.05) is 19.1 Å². The van der Waals surface area contributed by atoms with E-state index >= 15 is 0 Å². The molecule has 5 nitrogen and oxygen atoms in total. The van der Waals surface area contributed by atoms with Crippen LogP contribution in [0.1, 0.15) is 28.0 Å². The molecule has 0 saturated carbocycles. The van der Waals surface area contributed by atoms with Crippen molar-refractivity contribution in [2.75, 3.05) is 18.4 Å². The van der Waals surface area contributed by atoms with Crippen LogP contribution < -0.4 is 5.32 Å². The lowest BCUT2D eigenvalue weighted by Gasteiger charge is -2.27. The smallest absolute Gasteiger partial charge is 0.240 e.